The third kappa shape index (κ3) is 5.69. The van der Waals surface area contributed by atoms with E-state index in [1.54, 1.807) is 36.4 Å². The van der Waals surface area contributed by atoms with E-state index in [0.717, 1.165) is 25.7 Å². The fraction of sp³-hybridized carbons (Fsp3) is 0.320. The third-order valence-electron chi connectivity index (χ3n) is 5.84. The zero-order chi connectivity index (χ0) is 23.9. The van der Waals surface area contributed by atoms with Crippen molar-refractivity contribution < 1.29 is 23.2 Å². The molecule has 4 rings (SSSR count). The summed E-state index contributed by atoms with van der Waals surface area (Å²) in [4.78, 5) is 40.6. The Morgan fingerprint density at radius 1 is 1.00 bits per heavy atom. The van der Waals surface area contributed by atoms with Crippen LogP contribution in [0.3, 0.4) is 0 Å². The monoisotopic (exact) mass is 483 g/mol. The second-order valence-electron chi connectivity index (χ2n) is 8.18. The first kappa shape index (κ1) is 23.6. The van der Waals surface area contributed by atoms with Crippen molar-refractivity contribution in [2.75, 3.05) is 6.54 Å². The number of nitrogens with zero attached hydrogens (tertiary/aromatic N) is 1. The summed E-state index contributed by atoms with van der Waals surface area (Å²) in [6.07, 6.45) is 6.74. The Morgan fingerprint density at radius 3 is 2.41 bits per heavy atom. The number of halogens is 1. The maximum atomic E-state index is 13.4. The highest BCUT2D eigenvalue weighted by Crippen LogP contribution is 2.28. The lowest BCUT2D eigenvalue weighted by Gasteiger charge is -2.31. The van der Waals surface area contributed by atoms with Crippen LogP contribution in [0.1, 0.15) is 53.6 Å². The number of nitrogens with one attached hydrogen (secondary N) is 2. The summed E-state index contributed by atoms with van der Waals surface area (Å²) >= 11 is 6.37. The third-order valence-corrected chi connectivity index (χ3v) is 6.21. The molecular weight excluding hydrogens is 458 g/mol. The topological polar surface area (TPSA) is 105 Å². The van der Waals surface area contributed by atoms with Crippen LogP contribution in [0.5, 0.6) is 0 Å². The van der Waals surface area contributed by atoms with Crippen LogP contribution >= 0.6 is 11.6 Å². The predicted molar refractivity (Wildman–Crippen MR) is 125 cm³/mol. The fourth-order valence-corrected chi connectivity index (χ4v) is 4.30. The van der Waals surface area contributed by atoms with Gasteiger partial charge in [0.1, 0.15) is 5.76 Å². The van der Waals surface area contributed by atoms with E-state index in [-0.39, 0.29) is 30.8 Å². The minimum atomic E-state index is -1.03. The maximum absolute atomic E-state index is 13.4. The summed E-state index contributed by atoms with van der Waals surface area (Å²) in [6.45, 7) is -0.281. The highest BCUT2D eigenvalue weighted by molar-refractivity contribution is 6.31. The number of amides is 3. The van der Waals surface area contributed by atoms with Gasteiger partial charge in [-0.3, -0.25) is 14.4 Å². The predicted octanol–water partition coefficient (Wildman–Crippen LogP) is 4.08. The quantitative estimate of drug-likeness (QED) is 0.477. The number of furan rings is 2. The van der Waals surface area contributed by atoms with Crippen molar-refractivity contribution in [3.8, 4) is 0 Å². The molecule has 1 atom stereocenters. The molecule has 0 radical (unpaired) electrons. The first-order valence-electron chi connectivity index (χ1n) is 11.2. The average molecular weight is 484 g/mol. The Kier molecular flexibility index (Phi) is 7.69. The molecule has 1 saturated carbocycles. The molecule has 34 heavy (non-hydrogen) atoms. The molecular formula is C25H26ClN3O5. The van der Waals surface area contributed by atoms with Gasteiger partial charge in [-0.05, 0) is 48.7 Å². The SMILES string of the molecule is O=C(NCC(=O)N(Cc1ccccc1Cl)[C@@H](C(=O)NC1CCCC1)c1ccco1)c1ccco1. The van der Waals surface area contributed by atoms with Gasteiger partial charge >= 0.3 is 0 Å². The fourth-order valence-electron chi connectivity index (χ4n) is 4.11. The Bertz CT molecular complexity index is 1110. The summed E-state index contributed by atoms with van der Waals surface area (Å²) in [5, 5.41) is 6.09. The van der Waals surface area contributed by atoms with E-state index < -0.39 is 17.9 Å². The van der Waals surface area contributed by atoms with Crippen molar-refractivity contribution in [1.82, 2.24) is 15.5 Å². The van der Waals surface area contributed by atoms with Crippen LogP contribution in [0.25, 0.3) is 0 Å². The first-order valence-corrected chi connectivity index (χ1v) is 11.6. The molecule has 1 aliphatic rings. The Hall–Kier alpha value is -3.52. The van der Waals surface area contributed by atoms with Gasteiger partial charge in [-0.2, -0.15) is 0 Å². The van der Waals surface area contributed by atoms with Gasteiger partial charge in [-0.1, -0.05) is 42.6 Å². The van der Waals surface area contributed by atoms with Gasteiger partial charge in [0.05, 0.1) is 19.1 Å². The molecule has 3 amide bonds. The number of hydrogen-bond acceptors (Lipinski definition) is 5. The molecule has 2 heterocycles. The Labute approximate surface area is 202 Å². The molecule has 0 spiro atoms. The summed E-state index contributed by atoms with van der Waals surface area (Å²) in [6, 6.07) is 12.6. The van der Waals surface area contributed by atoms with Crippen LogP contribution in [0, 0.1) is 0 Å². The van der Waals surface area contributed by atoms with Crippen molar-refractivity contribution in [3.05, 3.63) is 83.2 Å². The van der Waals surface area contributed by atoms with Crippen molar-refractivity contribution in [2.45, 2.75) is 44.3 Å². The van der Waals surface area contributed by atoms with Gasteiger partial charge in [0, 0.05) is 17.6 Å². The van der Waals surface area contributed by atoms with Crippen molar-refractivity contribution in [3.63, 3.8) is 0 Å². The number of carbonyl (C=O) groups is 3. The highest BCUT2D eigenvalue weighted by Gasteiger charge is 2.35. The molecule has 1 aromatic carbocycles. The van der Waals surface area contributed by atoms with E-state index in [4.69, 9.17) is 20.4 Å². The second-order valence-corrected chi connectivity index (χ2v) is 8.59. The molecule has 8 nitrogen and oxygen atoms in total. The largest absolute Gasteiger partial charge is 0.467 e. The zero-order valence-electron chi connectivity index (χ0n) is 18.5. The summed E-state index contributed by atoms with van der Waals surface area (Å²) in [5.41, 5.74) is 0.667. The lowest BCUT2D eigenvalue weighted by atomic mass is 10.1. The standard InChI is InChI=1S/C25H26ClN3O5/c26-19-10-4-1-7-17(19)16-29(22(30)15-27-24(31)21-12-6-14-34-21)23(20-11-5-13-33-20)25(32)28-18-8-2-3-9-18/h1,4-7,10-14,18,23H,2-3,8-9,15-16H2,(H,27,31)(H,28,32)/t23-/m1/s1. The molecule has 9 heteroatoms. The van der Waals surface area contributed by atoms with E-state index in [2.05, 4.69) is 10.6 Å². The summed E-state index contributed by atoms with van der Waals surface area (Å²) in [7, 11) is 0. The number of benzene rings is 1. The van der Waals surface area contributed by atoms with Gasteiger partial charge in [-0.15, -0.1) is 0 Å². The lowest BCUT2D eigenvalue weighted by Crippen LogP contribution is -2.48. The Balaban J connectivity index is 1.60. The molecule has 1 fully saturated rings. The highest BCUT2D eigenvalue weighted by atomic mass is 35.5. The normalized spacial score (nSPS) is 14.5. The van der Waals surface area contributed by atoms with E-state index >= 15 is 0 Å². The van der Waals surface area contributed by atoms with Gasteiger partial charge in [-0.25, -0.2) is 0 Å². The first-order chi connectivity index (χ1) is 16.5. The minimum absolute atomic E-state index is 0.0541. The smallest absolute Gasteiger partial charge is 0.287 e. The molecule has 0 saturated heterocycles. The van der Waals surface area contributed by atoms with E-state index in [0.29, 0.717) is 16.3 Å². The summed E-state index contributed by atoms with van der Waals surface area (Å²) < 4.78 is 10.7. The molecule has 0 bridgehead atoms. The second kappa shape index (κ2) is 11.1. The van der Waals surface area contributed by atoms with Crippen LogP contribution in [-0.4, -0.2) is 35.2 Å². The molecule has 0 aliphatic heterocycles. The van der Waals surface area contributed by atoms with Crippen molar-refractivity contribution in [2.24, 2.45) is 0 Å². The van der Waals surface area contributed by atoms with Crippen LogP contribution in [0.15, 0.2) is 69.9 Å². The van der Waals surface area contributed by atoms with E-state index in [9.17, 15) is 14.4 Å². The van der Waals surface area contributed by atoms with Crippen LogP contribution in [0.2, 0.25) is 5.02 Å². The van der Waals surface area contributed by atoms with E-state index in [1.807, 2.05) is 6.07 Å². The average Bonchev–Trinajstić information content (AvgIpc) is 3.62. The van der Waals surface area contributed by atoms with Gasteiger partial charge in [0.15, 0.2) is 11.8 Å². The molecule has 2 N–H and O–H groups in total. The van der Waals surface area contributed by atoms with Crippen LogP contribution in [-0.2, 0) is 16.1 Å². The van der Waals surface area contributed by atoms with E-state index in [1.165, 1.54) is 23.5 Å². The van der Waals surface area contributed by atoms with Crippen molar-refractivity contribution >= 4 is 29.3 Å². The van der Waals surface area contributed by atoms with Crippen molar-refractivity contribution in [1.29, 1.82) is 0 Å². The Morgan fingerprint density at radius 2 is 1.74 bits per heavy atom. The lowest BCUT2D eigenvalue weighted by molar-refractivity contribution is -0.141. The summed E-state index contributed by atoms with van der Waals surface area (Å²) in [5.74, 6) is -0.913. The molecule has 2 aromatic heterocycles. The van der Waals surface area contributed by atoms with Gasteiger partial charge in [0.25, 0.3) is 11.8 Å². The van der Waals surface area contributed by atoms with Crippen LogP contribution in [0.4, 0.5) is 0 Å². The number of rotatable bonds is 9. The zero-order valence-corrected chi connectivity index (χ0v) is 19.3. The molecule has 178 valence electrons. The number of carbonyl (C=O) groups excluding carboxylic acids is 3. The minimum Gasteiger partial charge on any atom is -0.467 e. The van der Waals surface area contributed by atoms with Gasteiger partial charge < -0.3 is 24.4 Å². The molecule has 1 aliphatic carbocycles. The molecule has 3 aromatic rings. The maximum Gasteiger partial charge on any atom is 0.287 e. The molecule has 0 unspecified atom stereocenters. The number of hydrogen-bond donors (Lipinski definition) is 2. The van der Waals surface area contributed by atoms with Crippen LogP contribution < -0.4 is 10.6 Å². The van der Waals surface area contributed by atoms with Gasteiger partial charge in [0.2, 0.25) is 5.91 Å².